The number of hydrogen-bond acceptors (Lipinski definition) is 9. The predicted molar refractivity (Wildman–Crippen MR) is 109 cm³/mol. The van der Waals surface area contributed by atoms with E-state index < -0.39 is 0 Å². The first-order valence-electron chi connectivity index (χ1n) is 9.83. The first-order valence-corrected chi connectivity index (χ1v) is 9.83. The maximum atomic E-state index is 5.91. The van der Waals surface area contributed by atoms with Crippen molar-refractivity contribution in [1.29, 1.82) is 0 Å². The average Bonchev–Trinajstić information content (AvgIpc) is 3.30. The molecule has 0 N–H and O–H groups in total. The molecular weight excluding hydrogens is 386 g/mol. The van der Waals surface area contributed by atoms with Crippen molar-refractivity contribution in [3.05, 3.63) is 42.2 Å². The molecule has 0 radical (unpaired) electrons. The molecule has 1 atom stereocenters. The third-order valence-corrected chi connectivity index (χ3v) is 5.26. The second-order valence-electron chi connectivity index (χ2n) is 7.10. The largest absolute Gasteiger partial charge is 0.493 e. The molecule has 0 spiro atoms. The van der Waals surface area contributed by atoms with Crippen molar-refractivity contribution in [3.8, 4) is 28.8 Å². The van der Waals surface area contributed by atoms with Gasteiger partial charge in [-0.3, -0.25) is 9.88 Å². The minimum absolute atomic E-state index is 0.169. The Morgan fingerprint density at radius 1 is 1.07 bits per heavy atom. The molecule has 1 fully saturated rings. The van der Waals surface area contributed by atoms with Crippen LogP contribution >= 0.6 is 0 Å². The van der Waals surface area contributed by atoms with Crippen LogP contribution in [0.1, 0.15) is 30.2 Å². The molecule has 0 saturated carbocycles. The Labute approximate surface area is 175 Å². The van der Waals surface area contributed by atoms with E-state index in [2.05, 4.69) is 25.1 Å². The Morgan fingerprint density at radius 2 is 1.93 bits per heavy atom. The van der Waals surface area contributed by atoms with Gasteiger partial charge in [0.1, 0.15) is 5.69 Å². The van der Waals surface area contributed by atoms with E-state index in [1.807, 2.05) is 12.1 Å². The van der Waals surface area contributed by atoms with Crippen molar-refractivity contribution in [2.24, 2.45) is 0 Å². The molecule has 4 rings (SSSR count). The van der Waals surface area contributed by atoms with E-state index in [1.54, 1.807) is 39.9 Å². The molecule has 3 heterocycles. The zero-order valence-corrected chi connectivity index (χ0v) is 17.4. The molecule has 1 aliphatic rings. The van der Waals surface area contributed by atoms with Crippen LogP contribution in [-0.4, -0.2) is 59.5 Å². The van der Waals surface area contributed by atoms with E-state index >= 15 is 0 Å². The normalized spacial score (nSPS) is 17.0. The summed E-state index contributed by atoms with van der Waals surface area (Å²) in [5, 5.41) is 8.42. The summed E-state index contributed by atoms with van der Waals surface area (Å²) in [4.78, 5) is 10.6. The van der Waals surface area contributed by atoms with Crippen LogP contribution < -0.4 is 14.2 Å². The van der Waals surface area contributed by atoms with Crippen LogP contribution in [-0.2, 0) is 6.54 Å². The lowest BCUT2D eigenvalue weighted by Crippen LogP contribution is -2.34. The standard InChI is InChI=1S/C21H25N5O4/c1-27-17-7-6-14(18(28-2)19(17)29-3)12-26-10-4-5-15(13-26)20-24-25-21(30-20)16-11-22-8-9-23-16/h6-9,11,15H,4-5,10,12-13H2,1-3H3/t15-/m1/s1. The molecule has 1 aliphatic heterocycles. The van der Waals surface area contributed by atoms with E-state index in [0.29, 0.717) is 34.7 Å². The average molecular weight is 411 g/mol. The number of methoxy groups -OCH3 is 3. The van der Waals surface area contributed by atoms with Gasteiger partial charge in [0.15, 0.2) is 11.5 Å². The fourth-order valence-corrected chi connectivity index (χ4v) is 3.84. The van der Waals surface area contributed by atoms with Crippen molar-refractivity contribution in [3.63, 3.8) is 0 Å². The SMILES string of the molecule is COc1ccc(CN2CCC[C@@H](c3nnc(-c4cnccn4)o3)C2)c(OC)c1OC. The van der Waals surface area contributed by atoms with Gasteiger partial charge in [-0.05, 0) is 25.5 Å². The minimum Gasteiger partial charge on any atom is -0.493 e. The van der Waals surface area contributed by atoms with Crippen molar-refractivity contribution in [2.75, 3.05) is 34.4 Å². The van der Waals surface area contributed by atoms with Gasteiger partial charge < -0.3 is 18.6 Å². The second-order valence-corrected chi connectivity index (χ2v) is 7.10. The first kappa shape index (κ1) is 20.1. The second kappa shape index (κ2) is 9.08. The number of aromatic nitrogens is 4. The maximum Gasteiger partial charge on any atom is 0.267 e. The van der Waals surface area contributed by atoms with Crippen LogP contribution in [0.15, 0.2) is 35.1 Å². The highest BCUT2D eigenvalue weighted by atomic mass is 16.5. The van der Waals surface area contributed by atoms with E-state index in [-0.39, 0.29) is 5.92 Å². The molecule has 9 heteroatoms. The van der Waals surface area contributed by atoms with Gasteiger partial charge in [0.2, 0.25) is 11.6 Å². The Bertz CT molecular complexity index is 979. The number of likely N-dealkylation sites (tertiary alicyclic amines) is 1. The molecule has 0 amide bonds. The highest BCUT2D eigenvalue weighted by Gasteiger charge is 2.27. The Hall–Kier alpha value is -3.20. The third-order valence-electron chi connectivity index (χ3n) is 5.26. The summed E-state index contributed by atoms with van der Waals surface area (Å²) in [6.07, 6.45) is 6.89. The van der Waals surface area contributed by atoms with E-state index in [1.165, 1.54) is 0 Å². The first-order chi connectivity index (χ1) is 14.7. The van der Waals surface area contributed by atoms with Crippen molar-refractivity contribution < 1.29 is 18.6 Å². The van der Waals surface area contributed by atoms with Crippen LogP contribution in [0.3, 0.4) is 0 Å². The number of nitrogens with zero attached hydrogens (tertiary/aromatic N) is 5. The van der Waals surface area contributed by atoms with Gasteiger partial charge in [-0.25, -0.2) is 4.98 Å². The summed E-state index contributed by atoms with van der Waals surface area (Å²) < 4.78 is 22.4. The van der Waals surface area contributed by atoms with E-state index in [0.717, 1.165) is 38.0 Å². The van der Waals surface area contributed by atoms with E-state index in [4.69, 9.17) is 18.6 Å². The van der Waals surface area contributed by atoms with Gasteiger partial charge in [-0.1, -0.05) is 6.07 Å². The van der Waals surface area contributed by atoms with Gasteiger partial charge in [-0.2, -0.15) is 0 Å². The van der Waals surface area contributed by atoms with Crippen LogP contribution in [0.25, 0.3) is 11.6 Å². The molecule has 30 heavy (non-hydrogen) atoms. The summed E-state index contributed by atoms with van der Waals surface area (Å²) in [6, 6.07) is 3.92. The molecular formula is C21H25N5O4. The van der Waals surface area contributed by atoms with Crippen LogP contribution in [0, 0.1) is 0 Å². The van der Waals surface area contributed by atoms with Gasteiger partial charge in [-0.15, -0.1) is 10.2 Å². The zero-order valence-electron chi connectivity index (χ0n) is 17.4. The molecule has 1 aromatic carbocycles. The molecule has 3 aromatic rings. The summed E-state index contributed by atoms with van der Waals surface area (Å²) in [7, 11) is 4.88. The Morgan fingerprint density at radius 3 is 2.67 bits per heavy atom. The molecule has 0 aliphatic carbocycles. The summed E-state index contributed by atoms with van der Waals surface area (Å²) >= 11 is 0. The van der Waals surface area contributed by atoms with Crippen LogP contribution in [0.2, 0.25) is 0 Å². The zero-order chi connectivity index (χ0) is 20.9. The monoisotopic (exact) mass is 411 g/mol. The fourth-order valence-electron chi connectivity index (χ4n) is 3.84. The lowest BCUT2D eigenvalue weighted by atomic mass is 9.97. The van der Waals surface area contributed by atoms with Gasteiger partial charge in [0, 0.05) is 31.0 Å². The minimum atomic E-state index is 0.169. The quantitative estimate of drug-likeness (QED) is 0.581. The van der Waals surface area contributed by atoms with Crippen LogP contribution in [0.4, 0.5) is 0 Å². The van der Waals surface area contributed by atoms with Gasteiger partial charge in [0.05, 0.1) is 33.4 Å². The molecule has 0 unspecified atom stereocenters. The number of rotatable bonds is 7. The molecule has 1 saturated heterocycles. The summed E-state index contributed by atoms with van der Waals surface area (Å²) in [6.45, 7) is 2.53. The number of benzene rings is 1. The van der Waals surface area contributed by atoms with Gasteiger partial charge >= 0.3 is 0 Å². The van der Waals surface area contributed by atoms with Crippen molar-refractivity contribution in [2.45, 2.75) is 25.3 Å². The Balaban J connectivity index is 1.50. The molecule has 0 bridgehead atoms. The maximum absolute atomic E-state index is 5.91. The highest BCUT2D eigenvalue weighted by Crippen LogP contribution is 2.40. The topological polar surface area (TPSA) is 95.6 Å². The lowest BCUT2D eigenvalue weighted by Gasteiger charge is -2.31. The predicted octanol–water partition coefficient (Wildman–Crippen LogP) is 2.93. The number of piperidine rings is 1. The number of ether oxygens (including phenoxy) is 3. The van der Waals surface area contributed by atoms with E-state index in [9.17, 15) is 0 Å². The van der Waals surface area contributed by atoms with Crippen LogP contribution in [0.5, 0.6) is 17.2 Å². The smallest absolute Gasteiger partial charge is 0.267 e. The summed E-state index contributed by atoms with van der Waals surface area (Å²) in [5.41, 5.74) is 1.63. The van der Waals surface area contributed by atoms with Crippen molar-refractivity contribution in [1.82, 2.24) is 25.1 Å². The molecule has 9 nitrogen and oxygen atoms in total. The third kappa shape index (κ3) is 4.06. The Kier molecular flexibility index (Phi) is 6.08. The fraction of sp³-hybridized carbons (Fsp3) is 0.429. The number of hydrogen-bond donors (Lipinski definition) is 0. The molecule has 2 aromatic heterocycles. The molecule has 158 valence electrons. The lowest BCUT2D eigenvalue weighted by molar-refractivity contribution is 0.184. The highest BCUT2D eigenvalue weighted by molar-refractivity contribution is 5.55. The van der Waals surface area contributed by atoms with Gasteiger partial charge in [0.25, 0.3) is 5.89 Å². The van der Waals surface area contributed by atoms with Crippen molar-refractivity contribution >= 4 is 0 Å². The summed E-state index contributed by atoms with van der Waals surface area (Å²) in [5.74, 6) is 3.16.